The fraction of sp³-hybridized carbons (Fsp3) is 0.733. The quantitative estimate of drug-likeness (QED) is 0.833. The Morgan fingerprint density at radius 1 is 1.55 bits per heavy atom. The molecule has 124 valence electrons. The van der Waals surface area contributed by atoms with Crippen molar-refractivity contribution in [2.45, 2.75) is 32.4 Å². The Labute approximate surface area is 132 Å². The first-order valence-corrected chi connectivity index (χ1v) is 7.87. The zero-order valence-electron chi connectivity index (χ0n) is 13.7. The SMILES string of the molecule is CC1CC(CNC(=O)Nc2ccn(CCN(C)C)n2)CCO1. The average molecular weight is 309 g/mol. The van der Waals surface area contributed by atoms with E-state index in [1.807, 2.05) is 31.0 Å². The van der Waals surface area contributed by atoms with Crippen LogP contribution in [0.4, 0.5) is 10.6 Å². The lowest BCUT2D eigenvalue weighted by Crippen LogP contribution is -2.36. The summed E-state index contributed by atoms with van der Waals surface area (Å²) in [5.74, 6) is 1.07. The summed E-state index contributed by atoms with van der Waals surface area (Å²) in [7, 11) is 4.04. The lowest BCUT2D eigenvalue weighted by atomic mass is 9.96. The highest BCUT2D eigenvalue weighted by atomic mass is 16.5. The van der Waals surface area contributed by atoms with Crippen LogP contribution in [0, 0.1) is 5.92 Å². The van der Waals surface area contributed by atoms with E-state index in [1.54, 1.807) is 0 Å². The molecule has 0 radical (unpaired) electrons. The molecule has 2 rings (SSSR count). The van der Waals surface area contributed by atoms with Crippen molar-refractivity contribution < 1.29 is 9.53 Å². The molecule has 2 unspecified atom stereocenters. The van der Waals surface area contributed by atoms with Crippen molar-refractivity contribution in [2.75, 3.05) is 39.1 Å². The van der Waals surface area contributed by atoms with Crippen LogP contribution in [-0.2, 0) is 11.3 Å². The molecular formula is C15H27N5O2. The van der Waals surface area contributed by atoms with Crippen LogP contribution in [0.25, 0.3) is 0 Å². The summed E-state index contributed by atoms with van der Waals surface area (Å²) in [5.41, 5.74) is 0. The number of ether oxygens (including phenoxy) is 1. The summed E-state index contributed by atoms with van der Waals surface area (Å²) in [6, 6.07) is 1.61. The minimum atomic E-state index is -0.197. The smallest absolute Gasteiger partial charge is 0.320 e. The van der Waals surface area contributed by atoms with E-state index in [9.17, 15) is 4.79 Å². The molecule has 1 aromatic rings. The van der Waals surface area contributed by atoms with Gasteiger partial charge in [-0.25, -0.2) is 4.79 Å². The first kappa shape index (κ1) is 16.8. The molecule has 2 atom stereocenters. The number of urea groups is 1. The second-order valence-corrected chi connectivity index (χ2v) is 6.17. The molecule has 0 saturated carbocycles. The zero-order chi connectivity index (χ0) is 15.9. The van der Waals surface area contributed by atoms with Crippen LogP contribution in [-0.4, -0.2) is 60.6 Å². The molecular weight excluding hydrogens is 282 g/mol. The van der Waals surface area contributed by atoms with E-state index in [1.165, 1.54) is 0 Å². The van der Waals surface area contributed by atoms with E-state index in [0.29, 0.717) is 18.3 Å². The summed E-state index contributed by atoms with van der Waals surface area (Å²) in [6.07, 6.45) is 4.17. The summed E-state index contributed by atoms with van der Waals surface area (Å²) in [4.78, 5) is 14.0. The minimum absolute atomic E-state index is 0.197. The number of aromatic nitrogens is 2. The highest BCUT2D eigenvalue weighted by molar-refractivity contribution is 5.88. The van der Waals surface area contributed by atoms with Gasteiger partial charge in [0.15, 0.2) is 5.82 Å². The van der Waals surface area contributed by atoms with Crippen LogP contribution >= 0.6 is 0 Å². The fourth-order valence-corrected chi connectivity index (χ4v) is 2.53. The third-order valence-corrected chi connectivity index (χ3v) is 3.80. The second-order valence-electron chi connectivity index (χ2n) is 6.17. The van der Waals surface area contributed by atoms with Crippen LogP contribution in [0.1, 0.15) is 19.8 Å². The summed E-state index contributed by atoms with van der Waals surface area (Å²) < 4.78 is 7.34. The minimum Gasteiger partial charge on any atom is -0.378 e. The van der Waals surface area contributed by atoms with Crippen molar-refractivity contribution in [1.29, 1.82) is 0 Å². The number of amides is 2. The van der Waals surface area contributed by atoms with Gasteiger partial charge in [-0.15, -0.1) is 0 Å². The highest BCUT2D eigenvalue weighted by Crippen LogP contribution is 2.18. The Balaban J connectivity index is 1.70. The third-order valence-electron chi connectivity index (χ3n) is 3.80. The lowest BCUT2D eigenvalue weighted by molar-refractivity contribution is 0.00354. The van der Waals surface area contributed by atoms with Crippen molar-refractivity contribution in [3.63, 3.8) is 0 Å². The number of nitrogens with zero attached hydrogens (tertiary/aromatic N) is 3. The van der Waals surface area contributed by atoms with Gasteiger partial charge in [-0.1, -0.05) is 0 Å². The molecule has 1 aliphatic rings. The van der Waals surface area contributed by atoms with Crippen molar-refractivity contribution >= 4 is 11.8 Å². The normalized spacial score (nSPS) is 21.8. The average Bonchev–Trinajstić information content (AvgIpc) is 2.90. The second kappa shape index (κ2) is 8.14. The molecule has 2 heterocycles. The van der Waals surface area contributed by atoms with Crippen LogP contribution in [0.5, 0.6) is 0 Å². The molecule has 7 nitrogen and oxygen atoms in total. The predicted molar refractivity (Wildman–Crippen MR) is 85.9 cm³/mol. The lowest BCUT2D eigenvalue weighted by Gasteiger charge is -2.27. The molecule has 1 aliphatic heterocycles. The number of likely N-dealkylation sites (N-methyl/N-ethyl adjacent to an activating group) is 1. The largest absolute Gasteiger partial charge is 0.378 e. The van der Waals surface area contributed by atoms with E-state index in [0.717, 1.165) is 32.5 Å². The Hall–Kier alpha value is -1.60. The topological polar surface area (TPSA) is 71.4 Å². The van der Waals surface area contributed by atoms with E-state index in [2.05, 4.69) is 27.6 Å². The molecule has 22 heavy (non-hydrogen) atoms. The third kappa shape index (κ3) is 5.65. The maximum absolute atomic E-state index is 11.9. The molecule has 1 fully saturated rings. The van der Waals surface area contributed by atoms with E-state index in [4.69, 9.17) is 4.74 Å². The number of nitrogens with one attached hydrogen (secondary N) is 2. The summed E-state index contributed by atoms with van der Waals surface area (Å²) >= 11 is 0. The number of rotatable bonds is 6. The fourth-order valence-electron chi connectivity index (χ4n) is 2.53. The van der Waals surface area contributed by atoms with Crippen LogP contribution in [0.3, 0.4) is 0 Å². The maximum atomic E-state index is 11.9. The van der Waals surface area contributed by atoms with Crippen molar-refractivity contribution in [3.05, 3.63) is 12.3 Å². The Bertz CT molecular complexity index is 474. The maximum Gasteiger partial charge on any atom is 0.320 e. The molecule has 0 bridgehead atoms. The van der Waals surface area contributed by atoms with Gasteiger partial charge in [-0.05, 0) is 39.8 Å². The van der Waals surface area contributed by atoms with Gasteiger partial charge in [0.1, 0.15) is 0 Å². The molecule has 7 heteroatoms. The van der Waals surface area contributed by atoms with E-state index < -0.39 is 0 Å². The summed E-state index contributed by atoms with van der Waals surface area (Å²) in [5, 5.41) is 10.0. The van der Waals surface area contributed by atoms with Gasteiger partial charge in [0.2, 0.25) is 0 Å². The van der Waals surface area contributed by atoms with E-state index in [-0.39, 0.29) is 12.1 Å². The Morgan fingerprint density at radius 2 is 2.36 bits per heavy atom. The van der Waals surface area contributed by atoms with Crippen molar-refractivity contribution in [2.24, 2.45) is 5.92 Å². The number of carbonyl (C=O) groups is 1. The predicted octanol–water partition coefficient (Wildman–Crippen LogP) is 1.38. The van der Waals surface area contributed by atoms with E-state index >= 15 is 0 Å². The van der Waals surface area contributed by atoms with Gasteiger partial charge in [0, 0.05) is 32.0 Å². The molecule has 1 saturated heterocycles. The van der Waals surface area contributed by atoms with Crippen molar-refractivity contribution in [3.8, 4) is 0 Å². The number of carbonyl (C=O) groups excluding carboxylic acids is 1. The standard InChI is InChI=1S/C15H27N5O2/c1-12-10-13(5-9-22-12)11-16-15(21)17-14-4-6-20(18-14)8-7-19(2)3/h4,6,12-13H,5,7-11H2,1-3H3,(H2,16,17,18,21). The zero-order valence-corrected chi connectivity index (χ0v) is 13.7. The van der Waals surface area contributed by atoms with Gasteiger partial charge in [0.05, 0.1) is 12.6 Å². The van der Waals surface area contributed by atoms with Gasteiger partial charge >= 0.3 is 6.03 Å². The van der Waals surface area contributed by atoms with Crippen molar-refractivity contribution in [1.82, 2.24) is 20.0 Å². The first-order chi connectivity index (χ1) is 10.5. The number of anilines is 1. The highest BCUT2D eigenvalue weighted by Gasteiger charge is 2.19. The van der Waals surface area contributed by atoms with Gasteiger partial charge < -0.3 is 15.0 Å². The Kier molecular flexibility index (Phi) is 6.21. The summed E-state index contributed by atoms with van der Waals surface area (Å²) in [6.45, 7) is 5.25. The van der Waals surface area contributed by atoms with Crippen LogP contribution in [0.2, 0.25) is 0 Å². The molecule has 0 spiro atoms. The monoisotopic (exact) mass is 309 g/mol. The molecule has 2 N–H and O–H groups in total. The molecule has 0 aliphatic carbocycles. The van der Waals surface area contributed by atoms with Crippen LogP contribution < -0.4 is 10.6 Å². The molecule has 2 amide bonds. The van der Waals surface area contributed by atoms with Crippen LogP contribution in [0.15, 0.2) is 12.3 Å². The number of hydrogen-bond donors (Lipinski definition) is 2. The van der Waals surface area contributed by atoms with Gasteiger partial charge in [-0.3, -0.25) is 10.00 Å². The first-order valence-electron chi connectivity index (χ1n) is 7.87. The number of hydrogen-bond acceptors (Lipinski definition) is 4. The molecule has 1 aromatic heterocycles. The molecule has 0 aromatic carbocycles. The van der Waals surface area contributed by atoms with Gasteiger partial charge in [-0.2, -0.15) is 5.10 Å². The van der Waals surface area contributed by atoms with Gasteiger partial charge in [0.25, 0.3) is 0 Å². The Morgan fingerprint density at radius 3 is 3.09 bits per heavy atom.